The van der Waals surface area contributed by atoms with Crippen LogP contribution in [0.1, 0.15) is 6.42 Å². The van der Waals surface area contributed by atoms with Gasteiger partial charge in [-0.2, -0.15) is 0 Å². The van der Waals surface area contributed by atoms with Gasteiger partial charge in [0.1, 0.15) is 6.17 Å². The van der Waals surface area contributed by atoms with Gasteiger partial charge in [-0.05, 0) is 18.0 Å². The van der Waals surface area contributed by atoms with Gasteiger partial charge >= 0.3 is 5.37 Å². The van der Waals surface area contributed by atoms with Crippen molar-refractivity contribution in [1.82, 2.24) is 4.90 Å². The summed E-state index contributed by atoms with van der Waals surface area (Å²) in [5, 5.41) is -0.546. The van der Waals surface area contributed by atoms with Crippen LogP contribution in [0.5, 0.6) is 0 Å². The Kier molecular flexibility index (Phi) is 1.90. The number of halogens is 2. The molecule has 0 spiro atoms. The van der Waals surface area contributed by atoms with Crippen LogP contribution in [-0.4, -0.2) is 29.5 Å². The molecule has 1 atom stereocenters. The summed E-state index contributed by atoms with van der Waals surface area (Å²) in [6, 6.07) is 0. The molecular formula is C5H7ClFNO. The van der Waals surface area contributed by atoms with Crippen LogP contribution >= 0.6 is 11.6 Å². The first-order valence-electron chi connectivity index (χ1n) is 2.78. The minimum Gasteiger partial charge on any atom is -0.326 e. The van der Waals surface area contributed by atoms with Crippen molar-refractivity contribution in [3.63, 3.8) is 0 Å². The molecule has 0 bridgehead atoms. The smallest absolute Gasteiger partial charge is 0.316 e. The van der Waals surface area contributed by atoms with E-state index in [1.54, 1.807) is 0 Å². The van der Waals surface area contributed by atoms with Gasteiger partial charge in [0.05, 0.1) is 6.54 Å². The van der Waals surface area contributed by atoms with Crippen molar-refractivity contribution in [2.24, 2.45) is 0 Å². The van der Waals surface area contributed by atoms with E-state index in [-0.39, 0.29) is 6.54 Å². The first-order chi connectivity index (χ1) is 4.20. The van der Waals surface area contributed by atoms with E-state index in [1.807, 2.05) is 0 Å². The number of nitrogens with zero attached hydrogens (tertiary/aromatic N) is 1. The molecule has 0 saturated carbocycles. The first-order valence-corrected chi connectivity index (χ1v) is 3.16. The Morgan fingerprint density at radius 2 is 2.44 bits per heavy atom. The maximum atomic E-state index is 12.3. The molecule has 1 aliphatic heterocycles. The predicted octanol–water partition coefficient (Wildman–Crippen LogP) is 1.39. The van der Waals surface area contributed by atoms with Crippen molar-refractivity contribution < 1.29 is 9.18 Å². The molecule has 1 rings (SSSR count). The normalized spacial score (nSPS) is 26.9. The summed E-state index contributed by atoms with van der Waals surface area (Å²) in [5.74, 6) is 0. The van der Waals surface area contributed by atoms with Gasteiger partial charge < -0.3 is 4.90 Å². The Morgan fingerprint density at radius 1 is 1.78 bits per heavy atom. The molecule has 1 amide bonds. The standard InChI is InChI=1S/C5H7ClFNO/c6-5(9)8-2-1-4(7)3-8/h4H,1-3H2/t4-/m1/s1. The van der Waals surface area contributed by atoms with Crippen LogP contribution in [0.25, 0.3) is 0 Å². The molecule has 1 saturated heterocycles. The number of carbonyl (C=O) groups excluding carboxylic acids is 1. The maximum Gasteiger partial charge on any atom is 0.316 e. The molecule has 0 radical (unpaired) electrons. The quantitative estimate of drug-likeness (QED) is 0.379. The lowest BCUT2D eigenvalue weighted by Crippen LogP contribution is -2.23. The van der Waals surface area contributed by atoms with Gasteiger partial charge in [-0.25, -0.2) is 4.39 Å². The van der Waals surface area contributed by atoms with Crippen molar-refractivity contribution in [1.29, 1.82) is 0 Å². The molecule has 1 heterocycles. The summed E-state index contributed by atoms with van der Waals surface area (Å²) in [5.41, 5.74) is 0. The molecule has 0 aromatic carbocycles. The molecule has 1 fully saturated rings. The molecule has 0 aromatic rings. The van der Waals surface area contributed by atoms with E-state index in [0.717, 1.165) is 0 Å². The van der Waals surface area contributed by atoms with Crippen LogP contribution in [0.4, 0.5) is 9.18 Å². The Hall–Kier alpha value is -0.310. The summed E-state index contributed by atoms with van der Waals surface area (Å²) in [6.45, 7) is 0.631. The zero-order valence-electron chi connectivity index (χ0n) is 4.81. The summed E-state index contributed by atoms with van der Waals surface area (Å²) in [6.07, 6.45) is -0.439. The van der Waals surface area contributed by atoms with Gasteiger partial charge in [0.15, 0.2) is 0 Å². The fraction of sp³-hybridized carbons (Fsp3) is 0.800. The van der Waals surface area contributed by atoms with Gasteiger partial charge in [-0.1, -0.05) is 0 Å². The highest BCUT2D eigenvalue weighted by atomic mass is 35.5. The lowest BCUT2D eigenvalue weighted by Gasteiger charge is -2.08. The van der Waals surface area contributed by atoms with E-state index in [1.165, 1.54) is 4.90 Å². The molecule has 0 aliphatic carbocycles. The molecule has 0 N–H and O–H groups in total. The molecule has 4 heteroatoms. The average Bonchev–Trinajstić information content (AvgIpc) is 2.14. The molecule has 9 heavy (non-hydrogen) atoms. The van der Waals surface area contributed by atoms with Crippen molar-refractivity contribution >= 4 is 17.0 Å². The Morgan fingerprint density at radius 3 is 2.67 bits per heavy atom. The van der Waals surface area contributed by atoms with Crippen molar-refractivity contribution in [2.45, 2.75) is 12.6 Å². The Bertz CT molecular complexity index is 130. The van der Waals surface area contributed by atoms with Crippen LogP contribution in [-0.2, 0) is 0 Å². The van der Waals surface area contributed by atoms with E-state index in [2.05, 4.69) is 0 Å². The van der Waals surface area contributed by atoms with Crippen LogP contribution in [0.15, 0.2) is 0 Å². The fourth-order valence-corrected chi connectivity index (χ4v) is 1.03. The van der Waals surface area contributed by atoms with Crippen molar-refractivity contribution in [3.8, 4) is 0 Å². The minimum atomic E-state index is -0.868. The number of alkyl halides is 1. The van der Waals surface area contributed by atoms with E-state index in [0.29, 0.717) is 13.0 Å². The SMILES string of the molecule is O=C(Cl)N1CC[C@@H](F)C1. The third-order valence-corrected chi connectivity index (χ3v) is 1.62. The zero-order valence-corrected chi connectivity index (χ0v) is 5.57. The lowest BCUT2D eigenvalue weighted by molar-refractivity contribution is 0.227. The van der Waals surface area contributed by atoms with Gasteiger partial charge in [-0.15, -0.1) is 0 Å². The molecule has 0 unspecified atom stereocenters. The average molecular weight is 152 g/mol. The van der Waals surface area contributed by atoms with E-state index < -0.39 is 11.5 Å². The number of rotatable bonds is 0. The zero-order chi connectivity index (χ0) is 6.85. The summed E-state index contributed by atoms with van der Waals surface area (Å²) >= 11 is 5.07. The van der Waals surface area contributed by atoms with Crippen LogP contribution in [0, 0.1) is 0 Å². The predicted molar refractivity (Wildman–Crippen MR) is 32.3 cm³/mol. The number of hydrogen-bond donors (Lipinski definition) is 0. The number of amides is 1. The van der Waals surface area contributed by atoms with E-state index >= 15 is 0 Å². The minimum absolute atomic E-state index is 0.169. The van der Waals surface area contributed by atoms with E-state index in [4.69, 9.17) is 11.6 Å². The molecule has 1 aliphatic rings. The first kappa shape index (κ1) is 6.81. The maximum absolute atomic E-state index is 12.3. The number of likely N-dealkylation sites (tertiary alicyclic amines) is 1. The topological polar surface area (TPSA) is 20.3 Å². The number of carbonyl (C=O) groups is 1. The van der Waals surface area contributed by atoms with Crippen LogP contribution in [0.3, 0.4) is 0 Å². The second kappa shape index (κ2) is 2.52. The third-order valence-electron chi connectivity index (χ3n) is 1.38. The van der Waals surface area contributed by atoms with Gasteiger partial charge in [0.2, 0.25) is 0 Å². The van der Waals surface area contributed by atoms with Crippen molar-refractivity contribution in [2.75, 3.05) is 13.1 Å². The summed E-state index contributed by atoms with van der Waals surface area (Å²) in [4.78, 5) is 11.6. The van der Waals surface area contributed by atoms with E-state index in [9.17, 15) is 9.18 Å². The second-order valence-electron chi connectivity index (χ2n) is 2.08. The molecule has 52 valence electrons. The van der Waals surface area contributed by atoms with Crippen LogP contribution < -0.4 is 0 Å². The second-order valence-corrected chi connectivity index (χ2v) is 2.41. The fourth-order valence-electron chi connectivity index (χ4n) is 0.877. The highest BCUT2D eigenvalue weighted by Crippen LogP contribution is 2.13. The molecule has 0 aromatic heterocycles. The molecule has 2 nitrogen and oxygen atoms in total. The van der Waals surface area contributed by atoms with Crippen molar-refractivity contribution in [3.05, 3.63) is 0 Å². The lowest BCUT2D eigenvalue weighted by atomic mass is 10.4. The van der Waals surface area contributed by atoms with Gasteiger partial charge in [0.25, 0.3) is 0 Å². The third kappa shape index (κ3) is 1.55. The number of hydrogen-bond acceptors (Lipinski definition) is 1. The van der Waals surface area contributed by atoms with Gasteiger partial charge in [0, 0.05) is 6.54 Å². The highest BCUT2D eigenvalue weighted by molar-refractivity contribution is 6.62. The summed E-state index contributed by atoms with van der Waals surface area (Å²) < 4.78 is 12.3. The highest BCUT2D eigenvalue weighted by Gasteiger charge is 2.24. The summed E-state index contributed by atoms with van der Waals surface area (Å²) in [7, 11) is 0. The van der Waals surface area contributed by atoms with Crippen LogP contribution in [0.2, 0.25) is 0 Å². The largest absolute Gasteiger partial charge is 0.326 e. The molecular weight excluding hydrogens is 145 g/mol. The Labute approximate surface area is 57.6 Å². The monoisotopic (exact) mass is 151 g/mol. The van der Waals surface area contributed by atoms with Gasteiger partial charge in [-0.3, -0.25) is 4.79 Å². The Balaban J connectivity index is 2.39.